The summed E-state index contributed by atoms with van der Waals surface area (Å²) >= 11 is 0. The fourth-order valence-corrected chi connectivity index (χ4v) is 7.14. The molecular formula is C35H43N3O7. The molecule has 2 bridgehead atoms. The molecule has 10 nitrogen and oxygen atoms in total. The number of carbonyl (C=O) groups is 5. The molecule has 1 heterocycles. The van der Waals surface area contributed by atoms with E-state index >= 15 is 0 Å². The zero-order valence-electron chi connectivity index (χ0n) is 26.5. The van der Waals surface area contributed by atoms with Crippen LogP contribution in [0.1, 0.15) is 80.8 Å². The Balaban J connectivity index is 1.25. The second-order valence-electron chi connectivity index (χ2n) is 13.7. The van der Waals surface area contributed by atoms with Crippen molar-refractivity contribution >= 4 is 29.7 Å². The van der Waals surface area contributed by atoms with Crippen molar-refractivity contribution in [1.29, 1.82) is 0 Å². The molecule has 4 aliphatic rings. The molecule has 6 rings (SSSR count). The van der Waals surface area contributed by atoms with Gasteiger partial charge in [0.05, 0.1) is 7.11 Å². The van der Waals surface area contributed by atoms with Gasteiger partial charge in [-0.15, -0.1) is 0 Å². The van der Waals surface area contributed by atoms with Crippen LogP contribution in [0.25, 0.3) is 0 Å². The number of hydrogen-bond acceptors (Lipinski definition) is 7. The minimum Gasteiger partial charge on any atom is -0.467 e. The normalized spacial score (nSPS) is 24.0. The lowest BCUT2D eigenvalue weighted by Gasteiger charge is -2.39. The summed E-state index contributed by atoms with van der Waals surface area (Å²) in [4.78, 5) is 67.0. The van der Waals surface area contributed by atoms with E-state index in [2.05, 4.69) is 10.6 Å². The topological polar surface area (TPSA) is 131 Å². The highest BCUT2D eigenvalue weighted by Crippen LogP contribution is 2.57. The maximum absolute atomic E-state index is 13.9. The average Bonchev–Trinajstić information content (AvgIpc) is 3.51. The van der Waals surface area contributed by atoms with E-state index in [4.69, 9.17) is 9.47 Å². The molecule has 3 saturated carbocycles. The lowest BCUT2D eigenvalue weighted by molar-refractivity contribution is -0.148. The van der Waals surface area contributed by atoms with Crippen LogP contribution in [-0.4, -0.2) is 64.9 Å². The fourth-order valence-electron chi connectivity index (χ4n) is 7.14. The molecule has 0 saturated heterocycles. The molecule has 2 aromatic carbocycles. The lowest BCUT2D eigenvalue weighted by atomic mass is 9.75. The number of ketones is 1. The summed E-state index contributed by atoms with van der Waals surface area (Å²) in [5, 5.41) is 5.95. The van der Waals surface area contributed by atoms with Crippen LogP contribution in [-0.2, 0) is 36.8 Å². The Morgan fingerprint density at radius 2 is 1.60 bits per heavy atom. The van der Waals surface area contributed by atoms with Gasteiger partial charge >= 0.3 is 12.1 Å². The van der Waals surface area contributed by atoms with E-state index in [0.717, 1.165) is 24.0 Å². The number of rotatable bonds is 10. The van der Waals surface area contributed by atoms with E-state index in [1.807, 2.05) is 51.1 Å². The van der Waals surface area contributed by atoms with Gasteiger partial charge in [0.2, 0.25) is 11.8 Å². The van der Waals surface area contributed by atoms with E-state index in [0.29, 0.717) is 30.7 Å². The number of hydrogen-bond donors (Lipinski definition) is 2. The number of carbonyl (C=O) groups excluding carboxylic acids is 5. The number of nitrogens with one attached hydrogen (secondary N) is 2. The summed E-state index contributed by atoms with van der Waals surface area (Å²) in [6, 6.07) is 14.7. The summed E-state index contributed by atoms with van der Waals surface area (Å²) < 4.78 is 10.5. The third kappa shape index (κ3) is 7.54. The number of fused-ring (bicyclic) bond motifs is 2. The Kier molecular flexibility index (Phi) is 9.32. The molecule has 10 heteroatoms. The molecule has 3 amide bonds. The van der Waals surface area contributed by atoms with E-state index < -0.39 is 35.7 Å². The summed E-state index contributed by atoms with van der Waals surface area (Å²) in [7, 11) is 1.29. The minimum atomic E-state index is -0.904. The molecule has 1 aliphatic heterocycles. The van der Waals surface area contributed by atoms with E-state index in [9.17, 15) is 24.0 Å². The van der Waals surface area contributed by atoms with Crippen molar-refractivity contribution in [2.24, 2.45) is 11.8 Å². The molecule has 0 radical (unpaired) electrons. The van der Waals surface area contributed by atoms with Crippen LogP contribution < -0.4 is 10.6 Å². The highest BCUT2D eigenvalue weighted by atomic mass is 16.6. The predicted octanol–water partition coefficient (Wildman–Crippen LogP) is 4.34. The van der Waals surface area contributed by atoms with Crippen molar-refractivity contribution in [3.8, 4) is 0 Å². The average molecular weight is 618 g/mol. The van der Waals surface area contributed by atoms with E-state index in [-0.39, 0.29) is 42.5 Å². The summed E-state index contributed by atoms with van der Waals surface area (Å²) in [6.45, 7) is 5.69. The molecule has 0 spiro atoms. The third-order valence-corrected chi connectivity index (χ3v) is 9.27. The molecule has 2 N–H and O–H groups in total. The molecule has 3 fully saturated rings. The van der Waals surface area contributed by atoms with Crippen molar-refractivity contribution in [2.75, 3.05) is 7.11 Å². The van der Waals surface area contributed by atoms with Gasteiger partial charge in [-0.25, -0.2) is 9.59 Å². The monoisotopic (exact) mass is 617 g/mol. The maximum Gasteiger partial charge on any atom is 0.408 e. The molecule has 3 aliphatic carbocycles. The van der Waals surface area contributed by atoms with Gasteiger partial charge in [0.1, 0.15) is 17.7 Å². The van der Waals surface area contributed by atoms with Crippen molar-refractivity contribution in [1.82, 2.24) is 15.5 Å². The standard InChI is InChI=1S/C35H43N3O7/c1-34(2,3)45-33(43)37-35-18-25(26(19-35)20-35)16-27(32(42)44-4)36-31(41)28-17-23-12-8-9-13-24(23)21-38(28)30(40)15-14-29(39)22-10-6-5-7-11-22/h5-13,25-28H,14-21H2,1-4H3,(H,36,41)(H,37,43)/t25-,26?,27?,28+,35?/m1/s1. The first-order chi connectivity index (χ1) is 21.4. The third-order valence-electron chi connectivity index (χ3n) is 9.27. The molecule has 45 heavy (non-hydrogen) atoms. The van der Waals surface area contributed by atoms with Crippen LogP contribution in [0.5, 0.6) is 0 Å². The number of amides is 3. The van der Waals surface area contributed by atoms with Crippen LogP contribution in [0.3, 0.4) is 0 Å². The number of methoxy groups -OCH3 is 1. The van der Waals surface area contributed by atoms with Gasteiger partial charge < -0.3 is 25.0 Å². The number of Topliss-reactive ketones (excluding diaryl/α,β-unsaturated/α-hetero) is 1. The smallest absolute Gasteiger partial charge is 0.408 e. The maximum atomic E-state index is 13.9. The number of alkyl carbamates (subject to hydrolysis) is 1. The SMILES string of the molecule is COC(=O)C(C[C@@H]1CC2(NC(=O)OC(C)(C)C)CC1C2)NC(=O)[C@@H]1Cc2ccccc2CN1C(=O)CCC(=O)c1ccccc1. The molecule has 0 aromatic heterocycles. The molecule has 1 unspecified atom stereocenters. The van der Waals surface area contributed by atoms with Gasteiger partial charge in [-0.3, -0.25) is 14.4 Å². The Bertz CT molecular complexity index is 1440. The van der Waals surface area contributed by atoms with Crippen LogP contribution in [0.2, 0.25) is 0 Å². The highest BCUT2D eigenvalue weighted by molar-refractivity contribution is 5.98. The first-order valence-electron chi connectivity index (χ1n) is 15.7. The minimum absolute atomic E-state index is 0.0300. The van der Waals surface area contributed by atoms with Gasteiger partial charge in [-0.05, 0) is 69.4 Å². The molecule has 240 valence electrons. The Morgan fingerprint density at radius 3 is 2.27 bits per heavy atom. The van der Waals surface area contributed by atoms with E-state index in [1.165, 1.54) is 12.0 Å². The van der Waals surface area contributed by atoms with Gasteiger partial charge in [0, 0.05) is 36.9 Å². The quantitative estimate of drug-likeness (QED) is 0.300. The second kappa shape index (κ2) is 13.0. The zero-order valence-corrected chi connectivity index (χ0v) is 26.5. The fraction of sp³-hybridized carbons (Fsp3) is 0.514. The highest BCUT2D eigenvalue weighted by Gasteiger charge is 2.57. The molecule has 3 atom stereocenters. The van der Waals surface area contributed by atoms with Crippen molar-refractivity contribution < 1.29 is 33.4 Å². The van der Waals surface area contributed by atoms with Crippen LogP contribution in [0.15, 0.2) is 54.6 Å². The largest absolute Gasteiger partial charge is 0.467 e. The molecule has 2 aromatic rings. The van der Waals surface area contributed by atoms with Gasteiger partial charge in [-0.1, -0.05) is 54.6 Å². The predicted molar refractivity (Wildman–Crippen MR) is 166 cm³/mol. The van der Waals surface area contributed by atoms with Crippen LogP contribution in [0, 0.1) is 11.8 Å². The Morgan fingerprint density at radius 1 is 0.933 bits per heavy atom. The first kappa shape index (κ1) is 32.2. The number of ether oxygens (including phenoxy) is 2. The Labute approximate surface area is 264 Å². The van der Waals surface area contributed by atoms with Gasteiger partial charge in [-0.2, -0.15) is 0 Å². The van der Waals surface area contributed by atoms with Gasteiger partial charge in [0.25, 0.3) is 0 Å². The van der Waals surface area contributed by atoms with Crippen molar-refractivity contribution in [3.05, 3.63) is 71.3 Å². The lowest BCUT2D eigenvalue weighted by Crippen LogP contribution is -2.56. The summed E-state index contributed by atoms with van der Waals surface area (Å²) in [5.41, 5.74) is 1.48. The Hall–Kier alpha value is -4.21. The number of benzene rings is 2. The van der Waals surface area contributed by atoms with Crippen molar-refractivity contribution in [3.63, 3.8) is 0 Å². The second-order valence-corrected chi connectivity index (χ2v) is 13.7. The summed E-state index contributed by atoms with van der Waals surface area (Å²) in [5.74, 6) is -1.01. The van der Waals surface area contributed by atoms with Gasteiger partial charge in [0.15, 0.2) is 5.78 Å². The number of nitrogens with zero attached hydrogens (tertiary/aromatic N) is 1. The number of esters is 1. The van der Waals surface area contributed by atoms with Crippen LogP contribution in [0.4, 0.5) is 4.79 Å². The summed E-state index contributed by atoms with van der Waals surface area (Å²) in [6.07, 6.45) is 2.47. The molecular weight excluding hydrogens is 574 g/mol. The van der Waals surface area contributed by atoms with E-state index in [1.54, 1.807) is 24.3 Å². The first-order valence-corrected chi connectivity index (χ1v) is 15.7. The van der Waals surface area contributed by atoms with Crippen molar-refractivity contribution in [2.45, 2.75) is 95.5 Å². The zero-order chi connectivity index (χ0) is 32.4. The van der Waals surface area contributed by atoms with Crippen LogP contribution >= 0.6 is 0 Å².